The molecule has 0 fully saturated rings. The maximum Gasteiger partial charge on any atom is 0.203 e. The highest BCUT2D eigenvalue weighted by atomic mass is 16.5. The van der Waals surface area contributed by atoms with Crippen molar-refractivity contribution in [1.29, 1.82) is 0 Å². The first kappa shape index (κ1) is 16.4. The highest BCUT2D eigenvalue weighted by Gasteiger charge is 2.23. The number of rotatable bonds is 5. The van der Waals surface area contributed by atoms with E-state index < -0.39 is 0 Å². The van der Waals surface area contributed by atoms with Crippen molar-refractivity contribution in [2.75, 3.05) is 31.5 Å². The molecular formula is C21H22N2O3. The predicted molar refractivity (Wildman–Crippen MR) is 105 cm³/mol. The zero-order valence-electron chi connectivity index (χ0n) is 15.1. The number of benzene rings is 3. The molecule has 0 aliphatic carbocycles. The standard InChI is InChI=1S/C21H22N2O3/c1-4-26-18-12-14(11-17(24-2)20(18)25-3)21-22-15-9-5-7-13-8-6-10-16(23-21)19(13)15/h5-12,21-23H,4H2,1-3H3. The number of anilines is 2. The number of ether oxygens (including phenoxy) is 3. The Kier molecular flexibility index (Phi) is 4.21. The van der Waals surface area contributed by atoms with Crippen molar-refractivity contribution in [2.45, 2.75) is 13.1 Å². The smallest absolute Gasteiger partial charge is 0.203 e. The largest absolute Gasteiger partial charge is 0.493 e. The predicted octanol–water partition coefficient (Wildman–Crippen LogP) is 4.79. The van der Waals surface area contributed by atoms with Crippen LogP contribution in [-0.2, 0) is 0 Å². The van der Waals surface area contributed by atoms with Gasteiger partial charge in [-0.1, -0.05) is 24.3 Å². The Hall–Kier alpha value is -3.08. The molecule has 1 aliphatic rings. The SMILES string of the molecule is CCOc1cc(C2Nc3cccc4cccc(c34)N2)cc(OC)c1OC. The van der Waals surface area contributed by atoms with Gasteiger partial charge in [0, 0.05) is 22.3 Å². The van der Waals surface area contributed by atoms with Crippen molar-refractivity contribution >= 4 is 22.1 Å². The van der Waals surface area contributed by atoms with Gasteiger partial charge in [0.1, 0.15) is 6.17 Å². The van der Waals surface area contributed by atoms with Crippen LogP contribution in [0.1, 0.15) is 18.7 Å². The molecule has 26 heavy (non-hydrogen) atoms. The van der Waals surface area contributed by atoms with Crippen molar-refractivity contribution < 1.29 is 14.2 Å². The van der Waals surface area contributed by atoms with Crippen LogP contribution in [0.4, 0.5) is 11.4 Å². The Balaban J connectivity index is 1.78. The Morgan fingerprint density at radius 1 is 0.885 bits per heavy atom. The van der Waals surface area contributed by atoms with Gasteiger partial charge in [-0.15, -0.1) is 0 Å². The fourth-order valence-electron chi connectivity index (χ4n) is 3.47. The van der Waals surface area contributed by atoms with Crippen molar-refractivity contribution in [3.8, 4) is 17.2 Å². The van der Waals surface area contributed by atoms with Gasteiger partial charge in [-0.2, -0.15) is 0 Å². The first-order valence-corrected chi connectivity index (χ1v) is 8.68. The monoisotopic (exact) mass is 350 g/mol. The van der Waals surface area contributed by atoms with Crippen LogP contribution in [0.3, 0.4) is 0 Å². The van der Waals surface area contributed by atoms with E-state index in [0.29, 0.717) is 23.9 Å². The molecule has 4 rings (SSSR count). The van der Waals surface area contributed by atoms with E-state index in [1.165, 1.54) is 10.8 Å². The van der Waals surface area contributed by atoms with E-state index in [2.05, 4.69) is 47.0 Å². The van der Waals surface area contributed by atoms with E-state index in [1.54, 1.807) is 14.2 Å². The third kappa shape index (κ3) is 2.65. The van der Waals surface area contributed by atoms with E-state index >= 15 is 0 Å². The van der Waals surface area contributed by atoms with Gasteiger partial charge >= 0.3 is 0 Å². The average molecular weight is 350 g/mol. The van der Waals surface area contributed by atoms with Crippen LogP contribution in [0.5, 0.6) is 17.2 Å². The molecule has 2 N–H and O–H groups in total. The Labute approximate surface area is 152 Å². The lowest BCUT2D eigenvalue weighted by molar-refractivity contribution is 0.296. The molecule has 0 unspecified atom stereocenters. The normalized spacial score (nSPS) is 13.0. The second-order valence-electron chi connectivity index (χ2n) is 6.12. The van der Waals surface area contributed by atoms with Gasteiger partial charge in [-0.05, 0) is 36.6 Å². The summed E-state index contributed by atoms with van der Waals surface area (Å²) >= 11 is 0. The Morgan fingerprint density at radius 2 is 1.54 bits per heavy atom. The van der Waals surface area contributed by atoms with Crippen LogP contribution < -0.4 is 24.8 Å². The maximum atomic E-state index is 5.77. The van der Waals surface area contributed by atoms with Crippen LogP contribution >= 0.6 is 0 Å². The number of methoxy groups -OCH3 is 2. The van der Waals surface area contributed by atoms with Crippen LogP contribution in [0.25, 0.3) is 10.8 Å². The molecule has 0 atom stereocenters. The van der Waals surface area contributed by atoms with Gasteiger partial charge in [-0.25, -0.2) is 0 Å². The molecule has 0 saturated carbocycles. The number of hydrogen-bond acceptors (Lipinski definition) is 5. The molecule has 3 aromatic carbocycles. The summed E-state index contributed by atoms with van der Waals surface area (Å²) in [4.78, 5) is 0. The molecule has 0 radical (unpaired) electrons. The topological polar surface area (TPSA) is 51.8 Å². The highest BCUT2D eigenvalue weighted by molar-refractivity contribution is 6.04. The van der Waals surface area contributed by atoms with Gasteiger partial charge < -0.3 is 24.8 Å². The molecule has 5 heteroatoms. The number of hydrogen-bond donors (Lipinski definition) is 2. The minimum atomic E-state index is -0.102. The summed E-state index contributed by atoms with van der Waals surface area (Å²) in [5.41, 5.74) is 3.22. The molecule has 134 valence electrons. The number of nitrogens with one attached hydrogen (secondary N) is 2. The molecule has 3 aromatic rings. The lowest BCUT2D eigenvalue weighted by atomic mass is 10.0. The van der Waals surface area contributed by atoms with E-state index in [0.717, 1.165) is 16.9 Å². The molecule has 1 aliphatic heterocycles. The minimum Gasteiger partial charge on any atom is -0.493 e. The zero-order valence-corrected chi connectivity index (χ0v) is 15.1. The third-order valence-electron chi connectivity index (χ3n) is 4.60. The fourth-order valence-corrected chi connectivity index (χ4v) is 3.47. The van der Waals surface area contributed by atoms with Gasteiger partial charge in [0.25, 0.3) is 0 Å². The molecular weight excluding hydrogens is 328 g/mol. The van der Waals surface area contributed by atoms with Crippen molar-refractivity contribution in [1.82, 2.24) is 0 Å². The van der Waals surface area contributed by atoms with Crippen molar-refractivity contribution in [2.24, 2.45) is 0 Å². The van der Waals surface area contributed by atoms with Gasteiger partial charge in [0.05, 0.1) is 20.8 Å². The van der Waals surface area contributed by atoms with E-state index in [9.17, 15) is 0 Å². The van der Waals surface area contributed by atoms with Crippen LogP contribution in [-0.4, -0.2) is 20.8 Å². The molecule has 0 amide bonds. The van der Waals surface area contributed by atoms with E-state index in [1.807, 2.05) is 19.1 Å². The van der Waals surface area contributed by atoms with E-state index in [-0.39, 0.29) is 6.17 Å². The fraction of sp³-hybridized carbons (Fsp3) is 0.238. The lowest BCUT2D eigenvalue weighted by Gasteiger charge is -2.30. The van der Waals surface area contributed by atoms with Crippen LogP contribution in [0.15, 0.2) is 48.5 Å². The highest BCUT2D eigenvalue weighted by Crippen LogP contribution is 2.43. The first-order valence-electron chi connectivity index (χ1n) is 8.68. The summed E-state index contributed by atoms with van der Waals surface area (Å²) in [6, 6.07) is 16.5. The van der Waals surface area contributed by atoms with Gasteiger partial charge in [0.15, 0.2) is 11.5 Å². The molecule has 1 heterocycles. The summed E-state index contributed by atoms with van der Waals surface area (Å²) < 4.78 is 16.8. The Bertz CT molecular complexity index is 915. The van der Waals surface area contributed by atoms with Gasteiger partial charge in [0.2, 0.25) is 5.75 Å². The van der Waals surface area contributed by atoms with Crippen LogP contribution in [0, 0.1) is 0 Å². The van der Waals surface area contributed by atoms with Crippen molar-refractivity contribution in [3.63, 3.8) is 0 Å². The lowest BCUT2D eigenvalue weighted by Crippen LogP contribution is -2.23. The quantitative estimate of drug-likeness (QED) is 0.693. The first-order chi connectivity index (χ1) is 12.7. The second kappa shape index (κ2) is 6.67. The molecule has 0 bridgehead atoms. The van der Waals surface area contributed by atoms with E-state index in [4.69, 9.17) is 14.2 Å². The average Bonchev–Trinajstić information content (AvgIpc) is 2.68. The minimum absolute atomic E-state index is 0.102. The Morgan fingerprint density at radius 3 is 2.12 bits per heavy atom. The van der Waals surface area contributed by atoms with Crippen LogP contribution in [0.2, 0.25) is 0 Å². The summed E-state index contributed by atoms with van der Waals surface area (Å²) in [7, 11) is 3.25. The summed E-state index contributed by atoms with van der Waals surface area (Å²) in [5.74, 6) is 1.93. The molecule has 0 saturated heterocycles. The summed E-state index contributed by atoms with van der Waals surface area (Å²) in [6.45, 7) is 2.50. The molecule has 5 nitrogen and oxygen atoms in total. The zero-order chi connectivity index (χ0) is 18.1. The third-order valence-corrected chi connectivity index (χ3v) is 4.60. The van der Waals surface area contributed by atoms with Gasteiger partial charge in [-0.3, -0.25) is 0 Å². The van der Waals surface area contributed by atoms with Crippen molar-refractivity contribution in [3.05, 3.63) is 54.1 Å². The molecule has 0 spiro atoms. The molecule has 0 aromatic heterocycles. The maximum absolute atomic E-state index is 5.77. The second-order valence-corrected chi connectivity index (χ2v) is 6.12. The summed E-state index contributed by atoms with van der Waals surface area (Å²) in [6.07, 6.45) is -0.102. The summed E-state index contributed by atoms with van der Waals surface area (Å²) in [5, 5.41) is 9.56.